The molecule has 2 aliphatic heterocycles. The van der Waals surface area contributed by atoms with Crippen LogP contribution in [0.5, 0.6) is 0 Å². The zero-order valence-electron chi connectivity index (χ0n) is 12.1. The lowest BCUT2D eigenvalue weighted by Gasteiger charge is -2.40. The maximum absolute atomic E-state index is 10.0. The lowest BCUT2D eigenvalue weighted by atomic mass is 9.79. The van der Waals surface area contributed by atoms with Crippen LogP contribution in [-0.2, 0) is 4.74 Å². The summed E-state index contributed by atoms with van der Waals surface area (Å²) in [7, 11) is 2.06. The first-order valence-electron chi connectivity index (χ1n) is 7.85. The van der Waals surface area contributed by atoms with E-state index in [0.29, 0.717) is 11.3 Å². The molecule has 3 atom stereocenters. The van der Waals surface area contributed by atoms with Crippen molar-refractivity contribution in [2.75, 3.05) is 46.4 Å². The Morgan fingerprint density at radius 1 is 1.26 bits per heavy atom. The number of hydrogen-bond donors (Lipinski definition) is 2. The minimum Gasteiger partial charge on any atom is -0.393 e. The van der Waals surface area contributed by atoms with E-state index < -0.39 is 0 Å². The number of rotatable bonds is 4. The monoisotopic (exact) mass is 268 g/mol. The van der Waals surface area contributed by atoms with Crippen LogP contribution in [0.2, 0.25) is 0 Å². The van der Waals surface area contributed by atoms with Gasteiger partial charge in [-0.2, -0.15) is 0 Å². The molecule has 0 aromatic rings. The van der Waals surface area contributed by atoms with Gasteiger partial charge in [-0.3, -0.25) is 0 Å². The van der Waals surface area contributed by atoms with E-state index in [2.05, 4.69) is 17.3 Å². The van der Waals surface area contributed by atoms with Gasteiger partial charge in [-0.15, -0.1) is 0 Å². The van der Waals surface area contributed by atoms with Gasteiger partial charge in [0.25, 0.3) is 0 Å². The van der Waals surface area contributed by atoms with E-state index in [9.17, 15) is 5.11 Å². The molecule has 1 saturated carbocycles. The van der Waals surface area contributed by atoms with Crippen LogP contribution in [0.3, 0.4) is 0 Å². The Kier molecular flexibility index (Phi) is 4.13. The van der Waals surface area contributed by atoms with Crippen LogP contribution in [0.15, 0.2) is 0 Å². The highest BCUT2D eigenvalue weighted by Gasteiger charge is 2.44. The molecule has 2 saturated heterocycles. The fourth-order valence-corrected chi connectivity index (χ4v) is 4.50. The average Bonchev–Trinajstić information content (AvgIpc) is 2.93. The summed E-state index contributed by atoms with van der Waals surface area (Å²) in [5.74, 6) is 1.30. The van der Waals surface area contributed by atoms with Crippen molar-refractivity contribution < 1.29 is 9.84 Å². The Balaban J connectivity index is 1.60. The number of aliphatic hydroxyl groups is 1. The van der Waals surface area contributed by atoms with Crippen molar-refractivity contribution in [1.82, 2.24) is 10.2 Å². The Hall–Kier alpha value is -0.160. The second-order valence-corrected chi connectivity index (χ2v) is 6.91. The number of ether oxygens (including phenoxy) is 1. The topological polar surface area (TPSA) is 44.7 Å². The van der Waals surface area contributed by atoms with Gasteiger partial charge in [-0.25, -0.2) is 0 Å². The van der Waals surface area contributed by atoms with Crippen LogP contribution in [0, 0.1) is 17.3 Å². The number of hydrogen-bond acceptors (Lipinski definition) is 4. The first-order valence-corrected chi connectivity index (χ1v) is 7.85. The van der Waals surface area contributed by atoms with Crippen molar-refractivity contribution in [2.24, 2.45) is 17.3 Å². The Labute approximate surface area is 116 Å². The third kappa shape index (κ3) is 2.82. The number of fused-ring (bicyclic) bond motifs is 1. The van der Waals surface area contributed by atoms with Gasteiger partial charge in [0.05, 0.1) is 6.10 Å². The fourth-order valence-electron chi connectivity index (χ4n) is 4.50. The van der Waals surface area contributed by atoms with E-state index in [4.69, 9.17) is 4.74 Å². The molecule has 0 aromatic carbocycles. The maximum Gasteiger partial charge on any atom is 0.0583 e. The van der Waals surface area contributed by atoms with E-state index in [1.54, 1.807) is 0 Å². The summed E-state index contributed by atoms with van der Waals surface area (Å²) in [6.07, 6.45) is 4.55. The molecular weight excluding hydrogens is 240 g/mol. The largest absolute Gasteiger partial charge is 0.393 e. The van der Waals surface area contributed by atoms with Crippen LogP contribution in [-0.4, -0.2) is 62.6 Å². The molecule has 19 heavy (non-hydrogen) atoms. The number of nitrogens with zero attached hydrogens (tertiary/aromatic N) is 1. The predicted molar refractivity (Wildman–Crippen MR) is 75.1 cm³/mol. The molecular formula is C15H28N2O2. The van der Waals surface area contributed by atoms with Gasteiger partial charge in [0.15, 0.2) is 0 Å². The van der Waals surface area contributed by atoms with Gasteiger partial charge in [0, 0.05) is 45.3 Å². The number of likely N-dealkylation sites (tertiary alicyclic amines) is 1. The highest BCUT2D eigenvalue weighted by atomic mass is 16.5. The number of nitrogens with one attached hydrogen (secondary N) is 1. The molecule has 110 valence electrons. The van der Waals surface area contributed by atoms with Gasteiger partial charge < -0.3 is 20.1 Å². The second kappa shape index (κ2) is 5.68. The molecule has 4 nitrogen and oxygen atoms in total. The third-order valence-electron chi connectivity index (χ3n) is 5.56. The molecule has 0 amide bonds. The third-order valence-corrected chi connectivity index (χ3v) is 5.56. The molecule has 0 bridgehead atoms. The molecule has 0 aromatic heterocycles. The summed E-state index contributed by atoms with van der Waals surface area (Å²) in [6.45, 7) is 6.39. The molecule has 2 N–H and O–H groups in total. The molecule has 3 rings (SSSR count). The Bertz CT molecular complexity index is 299. The van der Waals surface area contributed by atoms with Crippen molar-refractivity contribution in [3.63, 3.8) is 0 Å². The molecule has 3 fully saturated rings. The highest BCUT2D eigenvalue weighted by molar-refractivity contribution is 4.96. The van der Waals surface area contributed by atoms with Gasteiger partial charge in [-0.1, -0.05) is 0 Å². The standard InChI is InChI=1S/C15H28N2O2/c1-16-10-15(4-6-19-7-5-15)11-17-8-12-2-3-14(18)13(12)9-17/h12-14,16,18H,2-11H2,1H3. The summed E-state index contributed by atoms with van der Waals surface area (Å²) in [5.41, 5.74) is 0.386. The summed E-state index contributed by atoms with van der Waals surface area (Å²) in [6, 6.07) is 0. The second-order valence-electron chi connectivity index (χ2n) is 6.91. The fraction of sp³-hybridized carbons (Fsp3) is 1.00. The average molecular weight is 268 g/mol. The van der Waals surface area contributed by atoms with E-state index in [1.165, 1.54) is 32.4 Å². The molecule has 0 radical (unpaired) electrons. The van der Waals surface area contributed by atoms with E-state index in [-0.39, 0.29) is 6.10 Å². The molecule has 2 heterocycles. The molecule has 4 heteroatoms. The minimum atomic E-state index is -0.0371. The summed E-state index contributed by atoms with van der Waals surface area (Å²) < 4.78 is 5.54. The lowest BCUT2D eigenvalue weighted by molar-refractivity contribution is -0.00226. The van der Waals surface area contributed by atoms with Gasteiger partial charge in [0.1, 0.15) is 0 Å². The van der Waals surface area contributed by atoms with E-state index in [0.717, 1.165) is 38.6 Å². The maximum atomic E-state index is 10.0. The van der Waals surface area contributed by atoms with Gasteiger partial charge in [0.2, 0.25) is 0 Å². The summed E-state index contributed by atoms with van der Waals surface area (Å²) >= 11 is 0. The van der Waals surface area contributed by atoms with Crippen molar-refractivity contribution in [1.29, 1.82) is 0 Å². The quantitative estimate of drug-likeness (QED) is 0.788. The van der Waals surface area contributed by atoms with Crippen molar-refractivity contribution in [3.05, 3.63) is 0 Å². The SMILES string of the molecule is CNCC1(CN2CC3CCC(O)C3C2)CCOCC1. The predicted octanol–water partition coefficient (Wildman–Crippen LogP) is 0.705. The van der Waals surface area contributed by atoms with Crippen LogP contribution in [0.4, 0.5) is 0 Å². The van der Waals surface area contributed by atoms with Crippen LogP contribution < -0.4 is 5.32 Å². The summed E-state index contributed by atoms with van der Waals surface area (Å²) in [5, 5.41) is 13.4. The van der Waals surface area contributed by atoms with Crippen LogP contribution in [0.25, 0.3) is 0 Å². The van der Waals surface area contributed by atoms with Gasteiger partial charge in [-0.05, 0) is 44.1 Å². The smallest absolute Gasteiger partial charge is 0.0583 e. The van der Waals surface area contributed by atoms with Gasteiger partial charge >= 0.3 is 0 Å². The van der Waals surface area contributed by atoms with E-state index >= 15 is 0 Å². The normalized spacial score (nSPS) is 38.5. The first kappa shape index (κ1) is 13.8. The summed E-state index contributed by atoms with van der Waals surface area (Å²) in [4.78, 5) is 2.61. The van der Waals surface area contributed by atoms with E-state index in [1.807, 2.05) is 0 Å². The highest BCUT2D eigenvalue weighted by Crippen LogP contribution is 2.40. The van der Waals surface area contributed by atoms with Crippen LogP contribution >= 0.6 is 0 Å². The molecule has 3 unspecified atom stereocenters. The van der Waals surface area contributed by atoms with Crippen molar-refractivity contribution in [2.45, 2.75) is 31.8 Å². The molecule has 1 aliphatic carbocycles. The molecule has 3 aliphatic rings. The first-order chi connectivity index (χ1) is 9.22. The van der Waals surface area contributed by atoms with Crippen molar-refractivity contribution in [3.8, 4) is 0 Å². The minimum absolute atomic E-state index is 0.0371. The zero-order chi connectivity index (χ0) is 13.3. The van der Waals surface area contributed by atoms with Crippen LogP contribution in [0.1, 0.15) is 25.7 Å². The Morgan fingerprint density at radius 3 is 2.74 bits per heavy atom. The molecule has 0 spiro atoms. The number of aliphatic hydroxyl groups excluding tert-OH is 1. The lowest BCUT2D eigenvalue weighted by Crippen LogP contribution is -2.46. The van der Waals surface area contributed by atoms with Crippen molar-refractivity contribution >= 4 is 0 Å². The Morgan fingerprint density at radius 2 is 2.05 bits per heavy atom. The zero-order valence-corrected chi connectivity index (χ0v) is 12.1.